The maximum Gasteiger partial charge on any atom is 0.263 e. The second-order valence-electron chi connectivity index (χ2n) is 5.76. The van der Waals surface area contributed by atoms with Gasteiger partial charge in [0.15, 0.2) is 0 Å². The first kappa shape index (κ1) is 17.4. The van der Waals surface area contributed by atoms with Crippen molar-refractivity contribution in [1.29, 1.82) is 0 Å². The zero-order valence-corrected chi connectivity index (χ0v) is 15.9. The molecule has 0 unspecified atom stereocenters. The van der Waals surface area contributed by atoms with Crippen LogP contribution in [0.5, 0.6) is 5.75 Å². The molecule has 0 saturated carbocycles. The van der Waals surface area contributed by atoms with Crippen LogP contribution in [-0.2, 0) is 10.0 Å². The Bertz CT molecular complexity index is 1200. The number of benzene rings is 3. The topological polar surface area (TPSA) is 81.2 Å². The molecule has 0 aliphatic heterocycles. The number of aromatic nitrogens is 2. The van der Waals surface area contributed by atoms with Gasteiger partial charge in [-0.25, -0.2) is 8.42 Å². The first-order valence-corrected chi connectivity index (χ1v) is 10.3. The van der Waals surface area contributed by atoms with Gasteiger partial charge in [-0.05, 0) is 47.2 Å². The molecule has 3 aromatic carbocycles. The van der Waals surface area contributed by atoms with Gasteiger partial charge in [0.1, 0.15) is 10.8 Å². The van der Waals surface area contributed by atoms with Crippen LogP contribution in [0.25, 0.3) is 21.3 Å². The monoisotopic (exact) mass is 397 g/mol. The summed E-state index contributed by atoms with van der Waals surface area (Å²) in [6.07, 6.45) is 0. The van der Waals surface area contributed by atoms with Crippen molar-refractivity contribution >= 4 is 37.3 Å². The lowest BCUT2D eigenvalue weighted by molar-refractivity contribution is 0.415. The average Bonchev–Trinajstić information content (AvgIpc) is 3.15. The second kappa shape index (κ2) is 6.98. The summed E-state index contributed by atoms with van der Waals surface area (Å²) >= 11 is 1.17. The molecule has 0 radical (unpaired) electrons. The molecule has 4 aromatic rings. The van der Waals surface area contributed by atoms with Crippen LogP contribution < -0.4 is 9.46 Å². The summed E-state index contributed by atoms with van der Waals surface area (Å²) in [6, 6.07) is 19.9. The first-order valence-electron chi connectivity index (χ1n) is 8.05. The van der Waals surface area contributed by atoms with Crippen molar-refractivity contribution < 1.29 is 13.2 Å². The fraction of sp³-hybridized carbons (Fsp3) is 0.0526. The maximum absolute atomic E-state index is 12.7. The molecule has 0 bridgehead atoms. The van der Waals surface area contributed by atoms with Crippen LogP contribution >= 0.6 is 11.3 Å². The molecule has 0 aliphatic rings. The highest BCUT2D eigenvalue weighted by Crippen LogP contribution is 2.29. The van der Waals surface area contributed by atoms with E-state index in [2.05, 4.69) is 14.9 Å². The Balaban J connectivity index is 1.59. The molecule has 0 amide bonds. The molecule has 136 valence electrons. The number of methoxy groups -OCH3 is 1. The van der Waals surface area contributed by atoms with Crippen molar-refractivity contribution in [3.05, 3.63) is 66.7 Å². The Morgan fingerprint density at radius 2 is 1.67 bits per heavy atom. The fourth-order valence-corrected chi connectivity index (χ4v) is 4.64. The van der Waals surface area contributed by atoms with Gasteiger partial charge in [-0.3, -0.25) is 4.72 Å². The predicted octanol–water partition coefficient (Wildman–Crippen LogP) is 4.17. The van der Waals surface area contributed by atoms with Gasteiger partial charge in [-0.2, -0.15) is 0 Å². The predicted molar refractivity (Wildman–Crippen MR) is 107 cm³/mol. The number of nitrogens with one attached hydrogen (secondary N) is 1. The van der Waals surface area contributed by atoms with Crippen molar-refractivity contribution in [1.82, 2.24) is 10.2 Å². The van der Waals surface area contributed by atoms with Gasteiger partial charge in [-0.15, -0.1) is 10.2 Å². The molecule has 0 saturated heterocycles. The molecule has 0 atom stereocenters. The number of rotatable bonds is 5. The van der Waals surface area contributed by atoms with Gasteiger partial charge in [0.05, 0.1) is 12.0 Å². The lowest BCUT2D eigenvalue weighted by atomic mass is 10.1. The summed E-state index contributed by atoms with van der Waals surface area (Å²) in [6.45, 7) is 0. The molecule has 27 heavy (non-hydrogen) atoms. The Morgan fingerprint density at radius 3 is 2.41 bits per heavy atom. The second-order valence-corrected chi connectivity index (χ2v) is 8.42. The van der Waals surface area contributed by atoms with Crippen molar-refractivity contribution in [2.24, 2.45) is 0 Å². The molecule has 1 aromatic heterocycles. The minimum atomic E-state index is -3.75. The quantitative estimate of drug-likeness (QED) is 0.547. The number of hydrogen-bond acceptors (Lipinski definition) is 6. The summed E-state index contributed by atoms with van der Waals surface area (Å²) in [7, 11) is -2.15. The summed E-state index contributed by atoms with van der Waals surface area (Å²) in [4.78, 5) is 0.183. The first-order chi connectivity index (χ1) is 13.0. The van der Waals surface area contributed by atoms with E-state index in [0.717, 1.165) is 22.1 Å². The van der Waals surface area contributed by atoms with Crippen LogP contribution in [0.2, 0.25) is 0 Å². The highest BCUT2D eigenvalue weighted by Gasteiger charge is 2.17. The van der Waals surface area contributed by atoms with Gasteiger partial charge < -0.3 is 4.74 Å². The minimum absolute atomic E-state index is 0.183. The number of sulfonamides is 1. The number of anilines is 1. The Morgan fingerprint density at radius 1 is 0.926 bits per heavy atom. The van der Waals surface area contributed by atoms with E-state index < -0.39 is 10.0 Å². The average molecular weight is 397 g/mol. The third kappa shape index (κ3) is 3.62. The number of fused-ring (bicyclic) bond motifs is 1. The van der Waals surface area contributed by atoms with E-state index in [1.54, 1.807) is 25.3 Å². The Labute approximate surface area is 160 Å². The van der Waals surface area contributed by atoms with E-state index in [0.29, 0.717) is 5.01 Å². The SMILES string of the molecule is COc1ccc(-c2nnc(NS(=O)(=O)c3ccc4ccccc4c3)s2)cc1. The van der Waals surface area contributed by atoms with Crippen LogP contribution in [0, 0.1) is 0 Å². The van der Waals surface area contributed by atoms with Gasteiger partial charge >= 0.3 is 0 Å². The van der Waals surface area contributed by atoms with E-state index in [4.69, 9.17) is 4.74 Å². The van der Waals surface area contributed by atoms with Crippen molar-refractivity contribution in [3.63, 3.8) is 0 Å². The molecule has 0 fully saturated rings. The lowest BCUT2D eigenvalue weighted by Crippen LogP contribution is -2.12. The molecule has 0 aliphatic carbocycles. The minimum Gasteiger partial charge on any atom is -0.497 e. The van der Waals surface area contributed by atoms with Crippen LogP contribution in [-0.4, -0.2) is 25.7 Å². The third-order valence-electron chi connectivity index (χ3n) is 4.01. The normalized spacial score (nSPS) is 11.4. The highest BCUT2D eigenvalue weighted by molar-refractivity contribution is 7.93. The number of ether oxygens (including phenoxy) is 1. The molecule has 8 heteroatoms. The molecule has 1 N–H and O–H groups in total. The van der Waals surface area contributed by atoms with Crippen LogP contribution in [0.15, 0.2) is 71.6 Å². The Hall–Kier alpha value is -2.97. The van der Waals surface area contributed by atoms with Gasteiger partial charge in [0, 0.05) is 5.56 Å². The van der Waals surface area contributed by atoms with Crippen molar-refractivity contribution in [3.8, 4) is 16.3 Å². The highest BCUT2D eigenvalue weighted by atomic mass is 32.2. The van der Waals surface area contributed by atoms with E-state index in [9.17, 15) is 8.42 Å². The summed E-state index contributed by atoms with van der Waals surface area (Å²) in [5.41, 5.74) is 0.837. The van der Waals surface area contributed by atoms with Crippen LogP contribution in [0.4, 0.5) is 5.13 Å². The van der Waals surface area contributed by atoms with Crippen LogP contribution in [0.1, 0.15) is 0 Å². The molecular weight excluding hydrogens is 382 g/mol. The van der Waals surface area contributed by atoms with Gasteiger partial charge in [0.2, 0.25) is 5.13 Å². The van der Waals surface area contributed by atoms with Crippen LogP contribution in [0.3, 0.4) is 0 Å². The zero-order chi connectivity index (χ0) is 18.9. The van der Waals surface area contributed by atoms with Crippen molar-refractivity contribution in [2.75, 3.05) is 11.8 Å². The van der Waals surface area contributed by atoms with E-state index >= 15 is 0 Å². The largest absolute Gasteiger partial charge is 0.497 e. The van der Waals surface area contributed by atoms with E-state index in [1.807, 2.05) is 48.5 Å². The maximum atomic E-state index is 12.7. The zero-order valence-electron chi connectivity index (χ0n) is 14.3. The fourth-order valence-electron chi connectivity index (χ4n) is 2.62. The summed E-state index contributed by atoms with van der Waals surface area (Å²) < 4.78 is 33.0. The lowest BCUT2D eigenvalue weighted by Gasteiger charge is -2.06. The molecule has 0 spiro atoms. The third-order valence-corrected chi connectivity index (χ3v) is 6.37. The van der Waals surface area contributed by atoms with E-state index in [-0.39, 0.29) is 10.0 Å². The number of hydrogen-bond donors (Lipinski definition) is 1. The summed E-state index contributed by atoms with van der Waals surface area (Å²) in [5, 5.41) is 10.7. The summed E-state index contributed by atoms with van der Waals surface area (Å²) in [5.74, 6) is 0.737. The van der Waals surface area contributed by atoms with Gasteiger partial charge in [-0.1, -0.05) is 41.7 Å². The van der Waals surface area contributed by atoms with Crippen molar-refractivity contribution in [2.45, 2.75) is 4.90 Å². The number of nitrogens with zero attached hydrogens (tertiary/aromatic N) is 2. The van der Waals surface area contributed by atoms with Gasteiger partial charge in [0.25, 0.3) is 10.0 Å². The Kier molecular flexibility index (Phi) is 4.51. The smallest absolute Gasteiger partial charge is 0.263 e. The standard InChI is InChI=1S/C19H15N3O3S2/c1-25-16-9-6-14(7-10-16)18-20-21-19(26-18)22-27(23,24)17-11-8-13-4-2-3-5-15(13)12-17/h2-12H,1H3,(H,21,22). The molecule has 1 heterocycles. The molecular formula is C19H15N3O3S2. The molecule has 6 nitrogen and oxygen atoms in total. The molecule has 4 rings (SSSR count). The van der Waals surface area contributed by atoms with E-state index in [1.165, 1.54) is 11.3 Å².